The van der Waals surface area contributed by atoms with E-state index in [1.165, 1.54) is 372 Å². The number of esters is 2. The predicted molar refractivity (Wildman–Crippen MR) is 427 cm³/mol. The molecule has 0 aliphatic heterocycles. The van der Waals surface area contributed by atoms with E-state index in [0.717, 1.165) is 44.9 Å². The van der Waals surface area contributed by atoms with E-state index < -0.39 is 26.5 Å². The Kier molecular flexibility index (Phi) is 77.5. The summed E-state index contributed by atoms with van der Waals surface area (Å²) < 4.78 is 34.9. The number of hydrogen-bond acceptors (Lipinski definition) is 7. The van der Waals surface area contributed by atoms with Crippen molar-refractivity contribution in [3.8, 4) is 0 Å². The maximum atomic E-state index is 12.9. The summed E-state index contributed by atoms with van der Waals surface area (Å²) in [6.45, 7) is 4.50. The van der Waals surface area contributed by atoms with Crippen molar-refractivity contribution < 1.29 is 42.1 Å². The van der Waals surface area contributed by atoms with Crippen molar-refractivity contribution in [2.75, 3.05) is 47.5 Å². The molecule has 0 radical (unpaired) electrons. The van der Waals surface area contributed by atoms with E-state index in [2.05, 4.69) is 62.5 Å². The van der Waals surface area contributed by atoms with Crippen molar-refractivity contribution in [3.63, 3.8) is 0 Å². The largest absolute Gasteiger partial charge is 0.472 e. The molecule has 0 aromatic carbocycles. The number of carbonyl (C=O) groups excluding carboxylic acids is 2. The molecule has 0 saturated heterocycles. The quantitative estimate of drug-likeness (QED) is 0.0211. The Bertz CT molecular complexity index is 1790. The van der Waals surface area contributed by atoms with Gasteiger partial charge in [-0.25, -0.2) is 4.57 Å². The van der Waals surface area contributed by atoms with Crippen LogP contribution in [-0.4, -0.2) is 74.9 Å². The molecule has 10 heteroatoms. The second kappa shape index (κ2) is 79.1. The molecule has 0 saturated carbocycles. The van der Waals surface area contributed by atoms with Gasteiger partial charge in [-0.3, -0.25) is 18.6 Å². The van der Waals surface area contributed by atoms with Crippen LogP contribution in [0.25, 0.3) is 0 Å². The van der Waals surface area contributed by atoms with Crippen molar-refractivity contribution >= 4 is 19.8 Å². The summed E-state index contributed by atoms with van der Waals surface area (Å²) in [7, 11) is 1.50. The fourth-order valence-corrected chi connectivity index (χ4v) is 13.9. The summed E-state index contributed by atoms with van der Waals surface area (Å²) in [5.41, 5.74) is 0. The van der Waals surface area contributed by atoms with Crippen LogP contribution in [0.3, 0.4) is 0 Å². The van der Waals surface area contributed by atoms with Crippen LogP contribution in [0, 0.1) is 0 Å². The molecule has 0 aromatic rings. The Balaban J connectivity index is 3.86. The molecule has 0 amide bonds. The average Bonchev–Trinajstić information content (AvgIpc) is 1.14. The minimum atomic E-state index is -4.39. The maximum absolute atomic E-state index is 12.9. The lowest BCUT2D eigenvalue weighted by Gasteiger charge is -2.24. The van der Waals surface area contributed by atoms with Crippen molar-refractivity contribution in [2.24, 2.45) is 0 Å². The molecule has 578 valence electrons. The molecule has 0 rings (SSSR count). The molecule has 0 heterocycles. The second-order valence-electron chi connectivity index (χ2n) is 30.9. The average molecular weight is 1400 g/mol. The maximum Gasteiger partial charge on any atom is 0.472 e. The number of unbranched alkanes of at least 4 members (excludes halogenated alkanes) is 60. The fraction of sp³-hybridized carbons (Fsp3) is 0.886. The molecule has 0 bridgehead atoms. The van der Waals surface area contributed by atoms with Gasteiger partial charge in [0.15, 0.2) is 6.10 Å². The van der Waals surface area contributed by atoms with Gasteiger partial charge in [0.25, 0.3) is 0 Å². The summed E-state index contributed by atoms with van der Waals surface area (Å²) in [6.07, 6.45) is 106. The molecule has 2 unspecified atom stereocenters. The van der Waals surface area contributed by atoms with Crippen LogP contribution in [0.5, 0.6) is 0 Å². The van der Waals surface area contributed by atoms with Crippen LogP contribution in [0.4, 0.5) is 0 Å². The molecule has 9 nitrogen and oxygen atoms in total. The zero-order valence-electron chi connectivity index (χ0n) is 66.3. The third kappa shape index (κ3) is 82.9. The molecule has 0 spiro atoms. The number of ether oxygens (including phenoxy) is 2. The predicted octanol–water partition coefficient (Wildman–Crippen LogP) is 29.1. The Morgan fingerprint density at radius 2 is 0.551 bits per heavy atom. The van der Waals surface area contributed by atoms with E-state index in [1.807, 2.05) is 21.1 Å². The van der Waals surface area contributed by atoms with Gasteiger partial charge < -0.3 is 18.9 Å². The number of phosphoric ester groups is 1. The first kappa shape index (κ1) is 96.0. The van der Waals surface area contributed by atoms with Crippen LogP contribution in [0.1, 0.15) is 450 Å². The molecule has 98 heavy (non-hydrogen) atoms. The number of nitrogens with zero attached hydrogens (tertiary/aromatic N) is 1. The Hall–Kier alpha value is -2.03. The zero-order valence-corrected chi connectivity index (χ0v) is 67.2. The van der Waals surface area contributed by atoms with Gasteiger partial charge in [0.2, 0.25) is 0 Å². The SMILES string of the molecule is CCCCCCC/C=C\C/C=C\CCCCCCCCCCCCCCCCCCCCCCCCCCCC(=O)OCC(COP(=O)(O)OCC[N+](C)(C)C)OC(=O)CCCCCCCCCCCCCCCCCCCCCCCCCCC/C=C\C/C=C\CCCCCCC. The lowest BCUT2D eigenvalue weighted by molar-refractivity contribution is -0.870. The number of quaternary nitrogens is 1. The first-order valence-corrected chi connectivity index (χ1v) is 44.9. The molecule has 0 aliphatic rings. The number of allylic oxidation sites excluding steroid dienone is 8. The van der Waals surface area contributed by atoms with E-state index in [4.69, 9.17) is 18.5 Å². The van der Waals surface area contributed by atoms with Crippen LogP contribution in [0.15, 0.2) is 48.6 Å². The fourth-order valence-electron chi connectivity index (χ4n) is 13.2. The third-order valence-electron chi connectivity index (χ3n) is 19.8. The van der Waals surface area contributed by atoms with Crippen molar-refractivity contribution in [3.05, 3.63) is 48.6 Å². The van der Waals surface area contributed by atoms with Crippen LogP contribution in [0.2, 0.25) is 0 Å². The molecule has 1 N–H and O–H groups in total. The van der Waals surface area contributed by atoms with E-state index in [1.54, 1.807) is 0 Å². The van der Waals surface area contributed by atoms with Gasteiger partial charge in [-0.05, 0) is 77.0 Å². The van der Waals surface area contributed by atoms with Crippen molar-refractivity contribution in [2.45, 2.75) is 457 Å². The Morgan fingerprint density at radius 1 is 0.316 bits per heavy atom. The van der Waals surface area contributed by atoms with Gasteiger partial charge in [-0.2, -0.15) is 0 Å². The summed E-state index contributed by atoms with van der Waals surface area (Å²) in [5, 5.41) is 0. The second-order valence-corrected chi connectivity index (χ2v) is 32.4. The zero-order chi connectivity index (χ0) is 71.1. The normalized spacial score (nSPS) is 13.2. The molecular weight excluding hydrogens is 1230 g/mol. The smallest absolute Gasteiger partial charge is 0.462 e. The van der Waals surface area contributed by atoms with Gasteiger partial charge in [0, 0.05) is 12.8 Å². The van der Waals surface area contributed by atoms with Gasteiger partial charge in [0.05, 0.1) is 27.7 Å². The molecule has 0 fully saturated rings. The highest BCUT2D eigenvalue weighted by Gasteiger charge is 2.27. The highest BCUT2D eigenvalue weighted by atomic mass is 31.2. The van der Waals surface area contributed by atoms with E-state index in [0.29, 0.717) is 23.9 Å². The highest BCUT2D eigenvalue weighted by Crippen LogP contribution is 2.43. The number of hydrogen-bond donors (Lipinski definition) is 1. The number of rotatable bonds is 82. The van der Waals surface area contributed by atoms with Crippen LogP contribution in [-0.2, 0) is 32.7 Å². The van der Waals surface area contributed by atoms with Crippen LogP contribution < -0.4 is 0 Å². The van der Waals surface area contributed by atoms with Gasteiger partial charge in [-0.15, -0.1) is 0 Å². The number of phosphoric acid groups is 1. The summed E-state index contributed by atoms with van der Waals surface area (Å²) in [6, 6.07) is 0. The van der Waals surface area contributed by atoms with E-state index in [-0.39, 0.29) is 25.6 Å². The number of carbonyl (C=O) groups is 2. The highest BCUT2D eigenvalue weighted by molar-refractivity contribution is 7.47. The van der Waals surface area contributed by atoms with Crippen molar-refractivity contribution in [1.29, 1.82) is 0 Å². The van der Waals surface area contributed by atoms with Crippen LogP contribution >= 0.6 is 7.82 Å². The lowest BCUT2D eigenvalue weighted by atomic mass is 10.0. The minimum Gasteiger partial charge on any atom is -0.462 e. The minimum absolute atomic E-state index is 0.0353. The van der Waals surface area contributed by atoms with Gasteiger partial charge in [0.1, 0.15) is 19.8 Å². The standard InChI is InChI=1S/C88H168NO8P/c1-6-8-10-12-14-16-18-20-22-24-26-28-30-32-34-36-38-40-42-44-46-48-50-52-54-56-58-60-62-64-66-68-70-72-74-76-78-80-87(90)94-84-86(85-96-98(92,93)95-83-82-89(3,4)5)97-88(91)81-79-77-75-73-71-69-67-65-63-61-59-57-55-53-51-49-47-45-43-41-39-37-35-33-31-29-27-25-23-21-19-17-15-13-11-9-7-2/h18-21,24-27,86H,6-17,22-23,28-85H2,1-5H3/p+1/b20-18-,21-19-,26-24-,27-25-. The first-order chi connectivity index (χ1) is 48.0. The van der Waals surface area contributed by atoms with E-state index in [9.17, 15) is 19.0 Å². The van der Waals surface area contributed by atoms with Gasteiger partial charge >= 0.3 is 19.8 Å². The molecule has 0 aromatic heterocycles. The molecular formula is C88H169NO8P+. The monoisotopic (exact) mass is 1400 g/mol. The summed E-state index contributed by atoms with van der Waals surface area (Å²) in [5.74, 6) is -0.769. The molecule has 0 aliphatic carbocycles. The number of likely N-dealkylation sites (N-methyl/N-ethyl adjacent to an activating group) is 1. The lowest BCUT2D eigenvalue weighted by Crippen LogP contribution is -2.37. The van der Waals surface area contributed by atoms with Gasteiger partial charge in [-0.1, -0.05) is 409 Å². The van der Waals surface area contributed by atoms with Crippen molar-refractivity contribution in [1.82, 2.24) is 0 Å². The topological polar surface area (TPSA) is 108 Å². The Morgan fingerprint density at radius 3 is 0.806 bits per heavy atom. The first-order valence-electron chi connectivity index (χ1n) is 43.4. The van der Waals surface area contributed by atoms with E-state index >= 15 is 0 Å². The third-order valence-corrected chi connectivity index (χ3v) is 20.8. The Labute approximate surface area is 611 Å². The summed E-state index contributed by atoms with van der Waals surface area (Å²) >= 11 is 0. The molecule has 2 atom stereocenters. The summed E-state index contributed by atoms with van der Waals surface area (Å²) in [4.78, 5) is 36.0.